The van der Waals surface area contributed by atoms with Gasteiger partial charge in [0.2, 0.25) is 5.91 Å². The molecule has 0 saturated heterocycles. The van der Waals surface area contributed by atoms with Gasteiger partial charge in [-0.15, -0.1) is 0 Å². The number of carbonyl (C=O) groups is 3. The van der Waals surface area contributed by atoms with Gasteiger partial charge in [0, 0.05) is 12.4 Å². The summed E-state index contributed by atoms with van der Waals surface area (Å²) in [4.78, 5) is 39.4. The zero-order chi connectivity index (χ0) is 17.1. The number of esters is 1. The first-order valence-electron chi connectivity index (χ1n) is 7.21. The summed E-state index contributed by atoms with van der Waals surface area (Å²) >= 11 is 1.57. The third kappa shape index (κ3) is 7.14. The van der Waals surface area contributed by atoms with E-state index < -0.39 is 23.8 Å². The van der Waals surface area contributed by atoms with E-state index in [0.29, 0.717) is 17.7 Å². The molecule has 0 saturated carbocycles. The molecule has 0 radical (unpaired) electrons. The Morgan fingerprint density at radius 2 is 2.17 bits per heavy atom. The molecule has 0 aromatic carbocycles. The summed E-state index contributed by atoms with van der Waals surface area (Å²) < 4.78 is 4.94. The molecular formula is C15H21N3O4S. The molecule has 1 aromatic heterocycles. The van der Waals surface area contributed by atoms with Crippen LogP contribution >= 0.6 is 11.8 Å². The van der Waals surface area contributed by atoms with Crippen molar-refractivity contribution in [1.29, 1.82) is 0 Å². The van der Waals surface area contributed by atoms with Gasteiger partial charge in [0.25, 0.3) is 5.91 Å². The zero-order valence-corrected chi connectivity index (χ0v) is 14.0. The number of carbonyl (C=O) groups excluding carboxylic acids is 3. The van der Waals surface area contributed by atoms with Crippen molar-refractivity contribution in [3.05, 3.63) is 30.1 Å². The lowest BCUT2D eigenvalue weighted by Gasteiger charge is -2.17. The van der Waals surface area contributed by atoms with Crippen molar-refractivity contribution in [2.45, 2.75) is 19.4 Å². The molecule has 2 N–H and O–H groups in total. The molecule has 0 aliphatic carbocycles. The number of nitrogens with zero attached hydrogens (tertiary/aromatic N) is 1. The summed E-state index contributed by atoms with van der Waals surface area (Å²) in [5.41, 5.74) is 0.365. The maximum atomic E-state index is 11.9. The molecule has 8 heteroatoms. The highest BCUT2D eigenvalue weighted by atomic mass is 32.2. The summed E-state index contributed by atoms with van der Waals surface area (Å²) in [6.07, 6.45) is 5.35. The second-order valence-electron chi connectivity index (χ2n) is 4.58. The Kier molecular flexibility index (Phi) is 8.74. The Morgan fingerprint density at radius 3 is 2.78 bits per heavy atom. The van der Waals surface area contributed by atoms with Crippen LogP contribution in [-0.4, -0.2) is 54.0 Å². The van der Waals surface area contributed by atoms with Crippen LogP contribution in [0.15, 0.2) is 24.5 Å². The number of pyridine rings is 1. The van der Waals surface area contributed by atoms with Crippen molar-refractivity contribution < 1.29 is 19.1 Å². The Labute approximate surface area is 139 Å². The first-order chi connectivity index (χ1) is 11.1. The lowest BCUT2D eigenvalue weighted by Crippen LogP contribution is -2.46. The zero-order valence-electron chi connectivity index (χ0n) is 13.2. The van der Waals surface area contributed by atoms with E-state index >= 15 is 0 Å². The van der Waals surface area contributed by atoms with Crippen LogP contribution in [0.25, 0.3) is 0 Å². The van der Waals surface area contributed by atoms with Gasteiger partial charge in [-0.05, 0) is 37.5 Å². The second-order valence-corrected chi connectivity index (χ2v) is 5.56. The van der Waals surface area contributed by atoms with Crippen LogP contribution in [0, 0.1) is 0 Å². The Hall–Kier alpha value is -2.09. The fourth-order valence-corrected chi connectivity index (χ4v) is 2.20. The summed E-state index contributed by atoms with van der Waals surface area (Å²) in [7, 11) is 0. The maximum Gasteiger partial charge on any atom is 0.328 e. The van der Waals surface area contributed by atoms with Gasteiger partial charge in [-0.25, -0.2) is 4.79 Å². The van der Waals surface area contributed by atoms with Crippen molar-refractivity contribution in [2.24, 2.45) is 0 Å². The molecule has 0 fully saturated rings. The number of amides is 2. The van der Waals surface area contributed by atoms with Gasteiger partial charge in [0.05, 0.1) is 18.7 Å². The van der Waals surface area contributed by atoms with Crippen molar-refractivity contribution in [3.63, 3.8) is 0 Å². The van der Waals surface area contributed by atoms with Crippen LogP contribution < -0.4 is 10.6 Å². The van der Waals surface area contributed by atoms with E-state index in [0.717, 1.165) is 0 Å². The first kappa shape index (κ1) is 19.0. The molecule has 0 bridgehead atoms. The number of hydrogen-bond acceptors (Lipinski definition) is 6. The summed E-state index contributed by atoms with van der Waals surface area (Å²) in [6, 6.07) is 2.53. The molecule has 0 spiro atoms. The van der Waals surface area contributed by atoms with Gasteiger partial charge in [0.15, 0.2) is 0 Å². The number of thioether (sulfide) groups is 1. The van der Waals surface area contributed by atoms with Crippen LogP contribution in [0.2, 0.25) is 0 Å². The van der Waals surface area contributed by atoms with Crippen LogP contribution in [0.5, 0.6) is 0 Å². The molecule has 1 rings (SSSR count). The monoisotopic (exact) mass is 339 g/mol. The predicted molar refractivity (Wildman–Crippen MR) is 88.1 cm³/mol. The number of hydrogen-bond donors (Lipinski definition) is 2. The quantitative estimate of drug-likeness (QED) is 0.640. The SMILES string of the molecule is CCOC(=O)[C@H](CCSC)NC(=O)CNC(=O)c1cccnc1. The van der Waals surface area contributed by atoms with E-state index in [9.17, 15) is 14.4 Å². The molecular weight excluding hydrogens is 318 g/mol. The van der Waals surface area contributed by atoms with Gasteiger partial charge in [-0.3, -0.25) is 14.6 Å². The molecule has 23 heavy (non-hydrogen) atoms. The van der Waals surface area contributed by atoms with Gasteiger partial charge >= 0.3 is 5.97 Å². The predicted octanol–water partition coefficient (Wildman–Crippen LogP) is 0.612. The highest BCUT2D eigenvalue weighted by Crippen LogP contribution is 2.03. The van der Waals surface area contributed by atoms with Gasteiger partial charge < -0.3 is 15.4 Å². The Morgan fingerprint density at radius 1 is 1.39 bits per heavy atom. The van der Waals surface area contributed by atoms with E-state index in [1.807, 2.05) is 6.26 Å². The molecule has 1 atom stereocenters. The van der Waals surface area contributed by atoms with Crippen molar-refractivity contribution in [1.82, 2.24) is 15.6 Å². The number of nitrogens with one attached hydrogen (secondary N) is 2. The molecule has 0 aliphatic heterocycles. The molecule has 1 heterocycles. The van der Waals surface area contributed by atoms with Crippen molar-refractivity contribution in [3.8, 4) is 0 Å². The number of rotatable bonds is 9. The highest BCUT2D eigenvalue weighted by molar-refractivity contribution is 7.98. The lowest BCUT2D eigenvalue weighted by molar-refractivity contribution is -0.147. The summed E-state index contributed by atoms with van der Waals surface area (Å²) in [6.45, 7) is 1.74. The normalized spacial score (nSPS) is 11.4. The molecule has 0 aliphatic rings. The molecule has 7 nitrogen and oxygen atoms in total. The van der Waals surface area contributed by atoms with Gasteiger partial charge in [-0.2, -0.15) is 11.8 Å². The molecule has 0 unspecified atom stereocenters. The first-order valence-corrected chi connectivity index (χ1v) is 8.61. The third-order valence-corrected chi connectivity index (χ3v) is 3.49. The Balaban J connectivity index is 2.48. The molecule has 1 aromatic rings. The van der Waals surface area contributed by atoms with Crippen LogP contribution in [0.3, 0.4) is 0 Å². The average Bonchev–Trinajstić information content (AvgIpc) is 2.57. The standard InChI is InChI=1S/C15H21N3O4S/c1-3-22-15(21)12(6-8-23-2)18-13(19)10-17-14(20)11-5-4-7-16-9-11/h4-5,7,9,12H,3,6,8,10H2,1-2H3,(H,17,20)(H,18,19)/t12-/m0/s1. The van der Waals surface area contributed by atoms with Crippen LogP contribution in [-0.2, 0) is 14.3 Å². The lowest BCUT2D eigenvalue weighted by atomic mass is 10.2. The third-order valence-electron chi connectivity index (χ3n) is 2.85. The molecule has 126 valence electrons. The fourth-order valence-electron chi connectivity index (χ4n) is 1.73. The van der Waals surface area contributed by atoms with Crippen molar-refractivity contribution in [2.75, 3.05) is 25.2 Å². The molecule has 2 amide bonds. The van der Waals surface area contributed by atoms with Gasteiger partial charge in [-0.1, -0.05) is 0 Å². The minimum absolute atomic E-state index is 0.219. The van der Waals surface area contributed by atoms with Crippen molar-refractivity contribution >= 4 is 29.5 Å². The smallest absolute Gasteiger partial charge is 0.328 e. The Bertz CT molecular complexity index is 525. The van der Waals surface area contributed by atoms with E-state index in [2.05, 4.69) is 15.6 Å². The largest absolute Gasteiger partial charge is 0.464 e. The highest BCUT2D eigenvalue weighted by Gasteiger charge is 2.21. The van der Waals surface area contributed by atoms with Crippen LogP contribution in [0.4, 0.5) is 0 Å². The maximum absolute atomic E-state index is 11.9. The summed E-state index contributed by atoms with van der Waals surface area (Å²) in [5, 5.41) is 5.07. The average molecular weight is 339 g/mol. The minimum Gasteiger partial charge on any atom is -0.464 e. The topological polar surface area (TPSA) is 97.4 Å². The van der Waals surface area contributed by atoms with E-state index in [1.54, 1.807) is 37.0 Å². The van der Waals surface area contributed by atoms with Gasteiger partial charge in [0.1, 0.15) is 6.04 Å². The number of ether oxygens (including phenoxy) is 1. The minimum atomic E-state index is -0.704. The fraction of sp³-hybridized carbons (Fsp3) is 0.467. The number of aromatic nitrogens is 1. The van der Waals surface area contributed by atoms with E-state index in [-0.39, 0.29) is 13.2 Å². The van der Waals surface area contributed by atoms with E-state index in [4.69, 9.17) is 4.74 Å². The van der Waals surface area contributed by atoms with Crippen LogP contribution in [0.1, 0.15) is 23.7 Å². The summed E-state index contributed by atoms with van der Waals surface area (Å²) in [5.74, 6) is -0.592. The second kappa shape index (κ2) is 10.6. The van der Waals surface area contributed by atoms with E-state index in [1.165, 1.54) is 6.20 Å².